The molecule has 0 bridgehead atoms. The van der Waals surface area contributed by atoms with Crippen molar-refractivity contribution in [2.24, 2.45) is 5.92 Å². The van der Waals surface area contributed by atoms with Gasteiger partial charge in [-0.25, -0.2) is 0 Å². The summed E-state index contributed by atoms with van der Waals surface area (Å²) >= 11 is 6.88. The lowest BCUT2D eigenvalue weighted by Gasteiger charge is -2.58. The fourth-order valence-electron chi connectivity index (χ4n) is 6.68. The predicted molar refractivity (Wildman–Crippen MR) is 200 cm³/mol. The molecule has 5 atom stereocenters. The van der Waals surface area contributed by atoms with E-state index in [1.165, 1.54) is 0 Å². The zero-order valence-corrected chi connectivity index (χ0v) is 29.8. The average Bonchev–Trinajstić information content (AvgIpc) is 3.14. The van der Waals surface area contributed by atoms with Crippen molar-refractivity contribution in [1.82, 2.24) is 0 Å². The molecule has 5 nitrogen and oxygen atoms in total. The number of fused-ring (bicyclic) bond motifs is 1. The Labute approximate surface area is 302 Å². The molecule has 0 radical (unpaired) electrons. The number of allylic oxidation sites excluding steroid dienone is 3. The number of rotatable bonds is 16. The number of benzene rings is 4. The lowest BCUT2D eigenvalue weighted by molar-refractivity contribution is -0.391. The molecular weight excluding hydrogens is 644 g/mol. The van der Waals surface area contributed by atoms with Crippen LogP contribution in [0.15, 0.2) is 150 Å². The van der Waals surface area contributed by atoms with Crippen molar-refractivity contribution >= 4 is 11.6 Å². The third-order valence-electron chi connectivity index (χ3n) is 9.53. The van der Waals surface area contributed by atoms with Gasteiger partial charge in [0.15, 0.2) is 5.79 Å². The topological polar surface area (TPSA) is 46.2 Å². The Kier molecular flexibility index (Phi) is 12.4. The molecule has 50 heavy (non-hydrogen) atoms. The third kappa shape index (κ3) is 9.03. The van der Waals surface area contributed by atoms with Crippen molar-refractivity contribution < 1.29 is 23.7 Å². The maximum absolute atomic E-state index is 7.01. The zero-order valence-electron chi connectivity index (χ0n) is 29.0. The largest absolute Gasteiger partial charge is 0.494 e. The second-order valence-electron chi connectivity index (χ2n) is 13.1. The Morgan fingerprint density at radius 3 is 1.86 bits per heavy atom. The van der Waals surface area contributed by atoms with Crippen LogP contribution in [-0.2, 0) is 45.2 Å². The molecule has 0 aromatic heterocycles. The fraction of sp³-hybridized carbons (Fsp3) is 0.318. The highest BCUT2D eigenvalue weighted by atomic mass is 35.5. The molecule has 5 unspecified atom stereocenters. The van der Waals surface area contributed by atoms with Gasteiger partial charge in [0, 0.05) is 17.4 Å². The summed E-state index contributed by atoms with van der Waals surface area (Å²) in [7, 11) is 0. The van der Waals surface area contributed by atoms with Crippen molar-refractivity contribution in [3.63, 3.8) is 0 Å². The van der Waals surface area contributed by atoms with Gasteiger partial charge in [-0.1, -0.05) is 133 Å². The highest BCUT2D eigenvalue weighted by Gasteiger charge is 2.62. The van der Waals surface area contributed by atoms with Crippen molar-refractivity contribution in [3.8, 4) is 5.75 Å². The Morgan fingerprint density at radius 2 is 1.32 bits per heavy atom. The molecule has 4 aromatic rings. The summed E-state index contributed by atoms with van der Waals surface area (Å²) in [5.41, 5.74) is 6.23. The van der Waals surface area contributed by atoms with E-state index < -0.39 is 18.0 Å². The summed E-state index contributed by atoms with van der Waals surface area (Å²) in [6, 6.07) is 38.8. The standard InChI is InChI=1S/C44H47ClO5/c1-4-46-38-23-21-34(22-24-38)28-33(3)40(45)25-20-32(2)41-43(48-30-36-16-10-6-11-17-36)42(47-29-35-14-8-5-9-15-35)39-26-27-44(39,50-41)49-31-37-18-12-7-13-19-37/h5-25,39,41-43H,2,4,26-31H2,1,3H3. The molecule has 1 aliphatic carbocycles. The van der Waals surface area contributed by atoms with Crippen molar-refractivity contribution in [1.29, 1.82) is 0 Å². The van der Waals surface area contributed by atoms with Crippen LogP contribution in [0, 0.1) is 5.92 Å². The first-order valence-electron chi connectivity index (χ1n) is 17.5. The summed E-state index contributed by atoms with van der Waals surface area (Å²) in [5.74, 6) is 0.0274. The van der Waals surface area contributed by atoms with Gasteiger partial charge in [-0.05, 0) is 72.7 Å². The molecule has 260 valence electrons. The van der Waals surface area contributed by atoms with Crippen LogP contribution in [0.3, 0.4) is 0 Å². The highest BCUT2D eigenvalue weighted by Crippen LogP contribution is 2.53. The minimum absolute atomic E-state index is 0.0106. The van der Waals surface area contributed by atoms with Gasteiger partial charge in [0.1, 0.15) is 18.0 Å². The monoisotopic (exact) mass is 690 g/mol. The zero-order chi connectivity index (χ0) is 34.8. The van der Waals surface area contributed by atoms with E-state index in [4.69, 9.17) is 35.3 Å². The predicted octanol–water partition coefficient (Wildman–Crippen LogP) is 10.1. The van der Waals surface area contributed by atoms with Crippen LogP contribution < -0.4 is 4.74 Å². The van der Waals surface area contributed by atoms with Gasteiger partial charge < -0.3 is 23.7 Å². The molecule has 1 aliphatic heterocycles. The van der Waals surface area contributed by atoms with Crippen molar-refractivity contribution in [2.45, 2.75) is 77.0 Å². The van der Waals surface area contributed by atoms with Gasteiger partial charge in [0.25, 0.3) is 0 Å². The minimum Gasteiger partial charge on any atom is -0.494 e. The molecule has 1 heterocycles. The van der Waals surface area contributed by atoms with Gasteiger partial charge in [0.05, 0.1) is 32.5 Å². The molecule has 2 fully saturated rings. The Hall–Kier alpha value is -3.97. The normalized spacial score (nSPS) is 23.5. The average molecular weight is 691 g/mol. The summed E-state index contributed by atoms with van der Waals surface area (Å²) in [4.78, 5) is 0. The molecule has 6 heteroatoms. The lowest BCUT2D eigenvalue weighted by atomic mass is 9.69. The van der Waals surface area contributed by atoms with Crippen LogP contribution in [0.4, 0.5) is 0 Å². The molecule has 2 aliphatic rings. The molecule has 0 spiro atoms. The fourth-order valence-corrected chi connectivity index (χ4v) is 6.80. The van der Waals surface area contributed by atoms with Crippen LogP contribution >= 0.6 is 11.6 Å². The van der Waals surface area contributed by atoms with Gasteiger partial charge in [0.2, 0.25) is 0 Å². The number of halogens is 1. The lowest BCUT2D eigenvalue weighted by Crippen LogP contribution is -2.68. The smallest absolute Gasteiger partial charge is 0.175 e. The first-order valence-corrected chi connectivity index (χ1v) is 17.9. The van der Waals surface area contributed by atoms with E-state index in [2.05, 4.69) is 55.1 Å². The molecule has 0 amide bonds. The summed E-state index contributed by atoms with van der Waals surface area (Å²) in [6.45, 7) is 10.5. The van der Waals surface area contributed by atoms with Gasteiger partial charge in [-0.2, -0.15) is 0 Å². The summed E-state index contributed by atoms with van der Waals surface area (Å²) in [6.07, 6.45) is 5.00. The highest BCUT2D eigenvalue weighted by molar-refractivity contribution is 6.31. The molecular formula is C44H47ClO5. The van der Waals surface area contributed by atoms with E-state index >= 15 is 0 Å². The Balaban J connectivity index is 1.26. The van der Waals surface area contributed by atoms with Gasteiger partial charge in [-0.15, -0.1) is 0 Å². The van der Waals surface area contributed by atoms with Gasteiger partial charge >= 0.3 is 0 Å². The van der Waals surface area contributed by atoms with Crippen LogP contribution in [-0.4, -0.2) is 30.7 Å². The summed E-state index contributed by atoms with van der Waals surface area (Å²) < 4.78 is 32.9. The van der Waals surface area contributed by atoms with E-state index in [9.17, 15) is 0 Å². The van der Waals surface area contributed by atoms with E-state index in [1.807, 2.05) is 92.7 Å². The molecule has 6 rings (SSSR count). The van der Waals surface area contributed by atoms with Crippen molar-refractivity contribution in [3.05, 3.63) is 172 Å². The quantitative estimate of drug-likeness (QED) is 0.110. The van der Waals surface area contributed by atoms with E-state index in [0.29, 0.717) is 31.5 Å². The van der Waals surface area contributed by atoms with Crippen LogP contribution in [0.2, 0.25) is 0 Å². The number of hydrogen-bond acceptors (Lipinski definition) is 5. The van der Waals surface area contributed by atoms with E-state index in [-0.39, 0.29) is 12.0 Å². The molecule has 1 saturated carbocycles. The molecule has 4 aromatic carbocycles. The maximum atomic E-state index is 7.01. The second-order valence-corrected chi connectivity index (χ2v) is 13.5. The minimum atomic E-state index is -0.825. The number of ether oxygens (including phenoxy) is 5. The van der Waals surface area contributed by atoms with Gasteiger partial charge in [-0.3, -0.25) is 0 Å². The van der Waals surface area contributed by atoms with Crippen LogP contribution in [0.1, 0.15) is 48.9 Å². The van der Waals surface area contributed by atoms with Crippen LogP contribution in [0.5, 0.6) is 5.75 Å². The molecule has 0 N–H and O–H groups in total. The number of hydrogen-bond donors (Lipinski definition) is 0. The second kappa shape index (κ2) is 17.3. The summed E-state index contributed by atoms with van der Waals surface area (Å²) in [5, 5.41) is 0.658. The maximum Gasteiger partial charge on any atom is 0.175 e. The first kappa shape index (κ1) is 35.8. The Bertz CT molecular complexity index is 1720. The third-order valence-corrected chi connectivity index (χ3v) is 9.98. The molecule has 1 saturated heterocycles. The Morgan fingerprint density at radius 1 is 0.760 bits per heavy atom. The first-order chi connectivity index (χ1) is 24.4. The van der Waals surface area contributed by atoms with E-state index in [0.717, 1.165) is 58.4 Å². The van der Waals surface area contributed by atoms with Crippen molar-refractivity contribution in [2.75, 3.05) is 6.61 Å². The van der Waals surface area contributed by atoms with E-state index in [1.54, 1.807) is 0 Å². The SMILES string of the molecule is C=C(C=CC(Cl)=C(C)Cc1ccc(OCC)cc1)C1OC2(OCc3ccccc3)CCC2C(OCc2ccccc2)C1OCc1ccccc1. The van der Waals surface area contributed by atoms with Crippen LogP contribution in [0.25, 0.3) is 0 Å².